The van der Waals surface area contributed by atoms with E-state index in [0.29, 0.717) is 0 Å². The van der Waals surface area contributed by atoms with Crippen molar-refractivity contribution in [1.29, 1.82) is 0 Å². The molecule has 0 bridgehead atoms. The van der Waals surface area contributed by atoms with Gasteiger partial charge < -0.3 is 28.1 Å². The Hall–Kier alpha value is -0.867. The molecule has 8 N–H and O–H groups in total. The molecular formula is H11AlO16SSi3. The van der Waals surface area contributed by atoms with Gasteiger partial charge >= 0.3 is 37.9 Å². The molecule has 0 saturated heterocycles. The maximum atomic E-state index is 9.08. The Labute approximate surface area is 130 Å². The van der Waals surface area contributed by atoms with Crippen molar-refractivity contribution < 1.29 is 74.8 Å². The van der Waals surface area contributed by atoms with Crippen molar-refractivity contribution in [2.24, 2.45) is 0 Å². The quantitative estimate of drug-likeness (QED) is 0.0933. The SMILES string of the molecule is O=S(=O)(O)O.O=[Si](O)OO.O=[Si](O)OO.O=[Si](O)OO.[AlH3]. The van der Waals surface area contributed by atoms with Gasteiger partial charge in [-0.1, -0.05) is 0 Å². The molecule has 0 aliphatic rings. The predicted molar refractivity (Wildman–Crippen MR) is 61.2 cm³/mol. The van der Waals surface area contributed by atoms with E-state index in [4.69, 9.17) is 61.1 Å². The Balaban J connectivity index is -0.0000000533. The Morgan fingerprint density at radius 2 is 0.714 bits per heavy atom. The van der Waals surface area contributed by atoms with Crippen LogP contribution in [0.5, 0.6) is 0 Å². The minimum absolute atomic E-state index is 0. The molecule has 0 aliphatic carbocycles. The predicted octanol–water partition coefficient (Wildman–Crippen LogP) is -5.19. The molecule has 0 unspecified atom stereocenters. The monoisotopic (exact) mass is 410 g/mol. The molecule has 0 heterocycles. The first-order valence-electron chi connectivity index (χ1n) is 3.14. The van der Waals surface area contributed by atoms with Gasteiger partial charge in [-0.3, -0.25) is 22.5 Å². The van der Waals surface area contributed by atoms with E-state index >= 15 is 0 Å². The molecule has 0 atom stereocenters. The minimum atomic E-state index is -4.67. The van der Waals surface area contributed by atoms with Crippen LogP contribution in [-0.4, -0.2) is 92.6 Å². The first kappa shape index (κ1) is 32.2. The summed E-state index contributed by atoms with van der Waals surface area (Å²) in [6, 6.07) is 0. The topological polar surface area (TPSA) is 275 Å². The van der Waals surface area contributed by atoms with E-state index in [1.54, 1.807) is 0 Å². The smallest absolute Gasteiger partial charge is 0.510 e. The molecule has 0 aromatic rings. The highest BCUT2D eigenvalue weighted by Crippen LogP contribution is 1.59. The third kappa shape index (κ3) is 213. The summed E-state index contributed by atoms with van der Waals surface area (Å²) >= 11 is 0. The molecular weight excluding hydrogens is 399 g/mol. The minimum Gasteiger partial charge on any atom is -0.510 e. The molecule has 0 amide bonds. The van der Waals surface area contributed by atoms with E-state index in [-0.39, 0.29) is 17.4 Å². The molecule has 0 rings (SSSR count). The molecule has 0 radical (unpaired) electrons. The maximum Gasteiger partial charge on any atom is 0.798 e. The van der Waals surface area contributed by atoms with Gasteiger partial charge in [-0.25, -0.2) is 15.8 Å². The van der Waals surface area contributed by atoms with Crippen LogP contribution in [0.25, 0.3) is 0 Å². The molecule has 0 saturated carbocycles. The summed E-state index contributed by atoms with van der Waals surface area (Å²) in [5, 5.41) is 21.4. The van der Waals surface area contributed by atoms with Crippen molar-refractivity contribution in [1.82, 2.24) is 0 Å². The lowest BCUT2D eigenvalue weighted by molar-refractivity contribution is -0.161. The zero-order valence-electron chi connectivity index (χ0n) is 8.75. The molecule has 0 fully saturated rings. The molecule has 0 spiro atoms. The first-order chi connectivity index (χ1) is 8.81. The summed E-state index contributed by atoms with van der Waals surface area (Å²) in [6.45, 7) is 0. The Morgan fingerprint density at radius 1 is 0.667 bits per heavy atom. The molecule has 0 aromatic heterocycles. The van der Waals surface area contributed by atoms with Crippen LogP contribution >= 0.6 is 0 Å². The third-order valence-corrected chi connectivity index (χ3v) is 0.703. The van der Waals surface area contributed by atoms with Gasteiger partial charge in [0, 0.05) is 0 Å². The van der Waals surface area contributed by atoms with Crippen LogP contribution in [0, 0.1) is 0 Å². The number of rotatable bonds is 3. The summed E-state index contributed by atoms with van der Waals surface area (Å²) < 4.78 is 67.4. The van der Waals surface area contributed by atoms with Gasteiger partial charge in [-0.05, 0) is 0 Å². The fourth-order valence-corrected chi connectivity index (χ4v) is 0. The summed E-state index contributed by atoms with van der Waals surface area (Å²) in [5.41, 5.74) is 0. The van der Waals surface area contributed by atoms with E-state index in [0.717, 1.165) is 0 Å². The fourth-order valence-electron chi connectivity index (χ4n) is 0. The van der Waals surface area contributed by atoms with Gasteiger partial charge in [0.2, 0.25) is 0 Å². The van der Waals surface area contributed by atoms with Gasteiger partial charge in [0.25, 0.3) is 0 Å². The van der Waals surface area contributed by atoms with Crippen LogP contribution in [0.15, 0.2) is 0 Å². The van der Waals surface area contributed by atoms with Crippen molar-refractivity contribution in [2.75, 3.05) is 0 Å². The number of hydrogen-bond donors (Lipinski definition) is 8. The normalized spacial score (nSPS) is 7.48. The molecule has 16 nitrogen and oxygen atoms in total. The lowest BCUT2D eigenvalue weighted by Crippen LogP contribution is -1.99. The van der Waals surface area contributed by atoms with Gasteiger partial charge in [-0.2, -0.15) is 8.42 Å². The zero-order chi connectivity index (χ0) is 17.4. The summed E-state index contributed by atoms with van der Waals surface area (Å²) in [5.74, 6) is 0. The molecule has 21 heteroatoms. The van der Waals surface area contributed by atoms with E-state index in [9.17, 15) is 0 Å². The van der Waals surface area contributed by atoms with Crippen LogP contribution in [-0.2, 0) is 37.5 Å². The fraction of sp³-hybridized carbons (Fsp3) is 0. The zero-order valence-corrected chi connectivity index (χ0v) is 12.6. The number of hydrogen-bond acceptors (Lipinski definition) is 11. The highest BCUT2D eigenvalue weighted by Gasteiger charge is 1.98. The third-order valence-electron chi connectivity index (χ3n) is 0.234. The first-order valence-corrected chi connectivity index (χ1v) is 8.33. The second kappa shape index (κ2) is 21.4. The van der Waals surface area contributed by atoms with Crippen molar-refractivity contribution in [2.45, 2.75) is 0 Å². The van der Waals surface area contributed by atoms with Crippen LogP contribution in [0.2, 0.25) is 0 Å². The molecule has 128 valence electrons. The average molecular weight is 410 g/mol. The van der Waals surface area contributed by atoms with E-state index < -0.39 is 37.9 Å². The highest BCUT2D eigenvalue weighted by atomic mass is 32.3. The van der Waals surface area contributed by atoms with Crippen molar-refractivity contribution in [3.63, 3.8) is 0 Å². The van der Waals surface area contributed by atoms with E-state index in [1.165, 1.54) is 0 Å². The lowest BCUT2D eigenvalue weighted by atomic mass is 15.0. The Kier molecular flexibility index (Phi) is 32.8. The van der Waals surface area contributed by atoms with Crippen molar-refractivity contribution in [3.05, 3.63) is 0 Å². The van der Waals surface area contributed by atoms with Gasteiger partial charge in [0.15, 0.2) is 17.4 Å². The van der Waals surface area contributed by atoms with Crippen LogP contribution in [0.1, 0.15) is 0 Å². The average Bonchev–Trinajstić information content (AvgIpc) is 2.28. The molecule has 0 aliphatic heterocycles. The second-order valence-corrected chi connectivity index (χ2v) is 4.56. The van der Waals surface area contributed by atoms with E-state index in [1.807, 2.05) is 0 Å². The van der Waals surface area contributed by atoms with E-state index in [2.05, 4.69) is 13.7 Å². The van der Waals surface area contributed by atoms with Crippen LogP contribution in [0.3, 0.4) is 0 Å². The van der Waals surface area contributed by atoms with Crippen LogP contribution < -0.4 is 0 Å². The Morgan fingerprint density at radius 3 is 0.714 bits per heavy atom. The molecule has 21 heavy (non-hydrogen) atoms. The van der Waals surface area contributed by atoms with Gasteiger partial charge in [0.05, 0.1) is 0 Å². The molecule has 0 aromatic carbocycles. The highest BCUT2D eigenvalue weighted by molar-refractivity contribution is 7.79. The van der Waals surface area contributed by atoms with Crippen molar-refractivity contribution in [3.8, 4) is 0 Å². The van der Waals surface area contributed by atoms with Gasteiger partial charge in [-0.15, -0.1) is 0 Å². The van der Waals surface area contributed by atoms with Gasteiger partial charge in [0.1, 0.15) is 0 Å². The van der Waals surface area contributed by atoms with Crippen LogP contribution in [0.4, 0.5) is 0 Å². The Bertz CT molecular complexity index is 316. The lowest BCUT2D eigenvalue weighted by Gasteiger charge is -1.73. The summed E-state index contributed by atoms with van der Waals surface area (Å²) in [7, 11) is -13.9. The standard InChI is InChI=1S/Al.H2O4S.3H2O4Si.3H/c;1-5(2,3)4;3*1-4-5(2)3;;;/h;(H2,1,2,3,4);3*1-2H;;;. The maximum absolute atomic E-state index is 9.08. The largest absolute Gasteiger partial charge is 0.798 e. The van der Waals surface area contributed by atoms with Crippen molar-refractivity contribution >= 4 is 55.3 Å². The summed E-state index contributed by atoms with van der Waals surface area (Å²) in [4.78, 5) is 22.3. The summed E-state index contributed by atoms with van der Waals surface area (Å²) in [6.07, 6.45) is 0. The second-order valence-electron chi connectivity index (χ2n) is 1.52.